The number of hydrogen-bond donors (Lipinski definition) is 2. The molecule has 1 aliphatic rings. The fourth-order valence-electron chi connectivity index (χ4n) is 2.77. The predicted octanol–water partition coefficient (Wildman–Crippen LogP) is 2.86. The number of hydrogen-bond acceptors (Lipinski definition) is 7. The number of amides is 2. The molecule has 0 atom stereocenters. The number of furan rings is 1. The van der Waals surface area contributed by atoms with Crippen LogP contribution in [0.1, 0.15) is 10.6 Å². The topological polar surface area (TPSA) is 96.7 Å². The second-order valence-electron chi connectivity index (χ2n) is 6.11. The van der Waals surface area contributed by atoms with Crippen molar-refractivity contribution in [2.75, 3.05) is 43.1 Å². The van der Waals surface area contributed by atoms with Crippen LogP contribution < -0.4 is 15.5 Å². The minimum atomic E-state index is -0.450. The molecule has 1 aliphatic heterocycles. The molecule has 4 rings (SSSR count). The normalized spacial score (nSPS) is 14.2. The van der Waals surface area contributed by atoms with Gasteiger partial charge in [0, 0.05) is 18.8 Å². The molecule has 3 heterocycles. The summed E-state index contributed by atoms with van der Waals surface area (Å²) in [6.45, 7) is 2.91. The van der Waals surface area contributed by atoms with Crippen LogP contribution in [0.4, 0.5) is 10.8 Å². The molecule has 0 unspecified atom stereocenters. The van der Waals surface area contributed by atoms with Crippen molar-refractivity contribution in [1.29, 1.82) is 0 Å². The molecule has 0 radical (unpaired) electrons. The van der Waals surface area contributed by atoms with Crippen molar-refractivity contribution in [3.63, 3.8) is 0 Å². The minimum absolute atomic E-state index is 0.140. The van der Waals surface area contributed by atoms with Crippen molar-refractivity contribution < 1.29 is 18.7 Å². The van der Waals surface area contributed by atoms with Gasteiger partial charge in [-0.3, -0.25) is 9.59 Å². The SMILES string of the molecule is O=C(CNC(=O)c1ccc(Br)o1)Nc1ccc2nc(N3CCOCC3)sc2c1. The highest BCUT2D eigenvalue weighted by atomic mass is 79.9. The first-order valence-electron chi connectivity index (χ1n) is 8.65. The fourth-order valence-corrected chi connectivity index (χ4v) is 4.13. The van der Waals surface area contributed by atoms with E-state index in [4.69, 9.17) is 9.15 Å². The molecule has 3 aromatic rings. The third-order valence-electron chi connectivity index (χ3n) is 4.15. The zero-order chi connectivity index (χ0) is 19.5. The van der Waals surface area contributed by atoms with Gasteiger partial charge < -0.3 is 24.7 Å². The van der Waals surface area contributed by atoms with Crippen LogP contribution >= 0.6 is 27.3 Å². The van der Waals surface area contributed by atoms with Crippen molar-refractivity contribution in [3.8, 4) is 0 Å². The first-order chi connectivity index (χ1) is 13.6. The molecule has 146 valence electrons. The molecule has 8 nitrogen and oxygen atoms in total. The highest BCUT2D eigenvalue weighted by Crippen LogP contribution is 2.31. The van der Waals surface area contributed by atoms with E-state index in [1.165, 1.54) is 6.07 Å². The van der Waals surface area contributed by atoms with Crippen molar-refractivity contribution >= 4 is 60.1 Å². The molecule has 0 bridgehead atoms. The number of thiazole rings is 1. The number of nitrogens with one attached hydrogen (secondary N) is 2. The average molecular weight is 465 g/mol. The van der Waals surface area contributed by atoms with E-state index < -0.39 is 5.91 Å². The smallest absolute Gasteiger partial charge is 0.287 e. The molecule has 0 spiro atoms. The molecule has 0 saturated carbocycles. The third kappa shape index (κ3) is 4.34. The maximum Gasteiger partial charge on any atom is 0.287 e. The lowest BCUT2D eigenvalue weighted by Gasteiger charge is -2.25. The number of anilines is 2. The Morgan fingerprint density at radius 1 is 1.21 bits per heavy atom. The summed E-state index contributed by atoms with van der Waals surface area (Å²) < 4.78 is 12.0. The first kappa shape index (κ1) is 18.9. The number of carbonyl (C=O) groups is 2. The van der Waals surface area contributed by atoms with Gasteiger partial charge in [0.25, 0.3) is 5.91 Å². The summed E-state index contributed by atoms with van der Waals surface area (Å²) in [6.07, 6.45) is 0. The maximum atomic E-state index is 12.1. The molecule has 1 aromatic carbocycles. The number of fused-ring (bicyclic) bond motifs is 1. The van der Waals surface area contributed by atoms with Gasteiger partial charge in [0.05, 0.1) is 30.0 Å². The van der Waals surface area contributed by atoms with Gasteiger partial charge in [0.15, 0.2) is 15.6 Å². The van der Waals surface area contributed by atoms with Crippen molar-refractivity contribution in [2.24, 2.45) is 0 Å². The van der Waals surface area contributed by atoms with Crippen LogP contribution in [0.3, 0.4) is 0 Å². The lowest BCUT2D eigenvalue weighted by molar-refractivity contribution is -0.115. The summed E-state index contributed by atoms with van der Waals surface area (Å²) in [5.74, 6) is -0.633. The number of morpholine rings is 1. The van der Waals surface area contributed by atoms with Crippen LogP contribution in [-0.2, 0) is 9.53 Å². The van der Waals surface area contributed by atoms with Crippen LogP contribution in [0.15, 0.2) is 39.4 Å². The average Bonchev–Trinajstić information content (AvgIpc) is 3.33. The lowest BCUT2D eigenvalue weighted by atomic mass is 10.3. The first-order valence-corrected chi connectivity index (χ1v) is 10.3. The maximum absolute atomic E-state index is 12.1. The molecular weight excluding hydrogens is 448 g/mol. The van der Waals surface area contributed by atoms with E-state index in [1.807, 2.05) is 12.1 Å². The Morgan fingerprint density at radius 2 is 2.04 bits per heavy atom. The molecule has 2 amide bonds. The number of rotatable bonds is 5. The van der Waals surface area contributed by atoms with Gasteiger partial charge in [-0.2, -0.15) is 0 Å². The summed E-state index contributed by atoms with van der Waals surface area (Å²) in [5, 5.41) is 6.27. The zero-order valence-electron chi connectivity index (χ0n) is 14.7. The Balaban J connectivity index is 1.37. The lowest BCUT2D eigenvalue weighted by Crippen LogP contribution is -2.36. The third-order valence-corrected chi connectivity index (χ3v) is 5.65. The van der Waals surface area contributed by atoms with E-state index in [1.54, 1.807) is 23.5 Å². The van der Waals surface area contributed by atoms with Gasteiger partial charge in [-0.1, -0.05) is 11.3 Å². The summed E-state index contributed by atoms with van der Waals surface area (Å²) in [5.41, 5.74) is 1.55. The molecule has 0 aliphatic carbocycles. The Labute approximate surface area is 173 Å². The standard InChI is InChI=1S/C18H17BrN4O4S/c19-15-4-3-13(27-15)17(25)20-10-16(24)21-11-1-2-12-14(9-11)28-18(22-12)23-5-7-26-8-6-23/h1-4,9H,5-8,10H2,(H,20,25)(H,21,24). The van der Waals surface area contributed by atoms with Crippen molar-refractivity contribution in [1.82, 2.24) is 10.3 Å². The largest absolute Gasteiger partial charge is 0.444 e. The van der Waals surface area contributed by atoms with Gasteiger partial charge in [-0.15, -0.1) is 0 Å². The second kappa shape index (κ2) is 8.29. The minimum Gasteiger partial charge on any atom is -0.444 e. The number of carbonyl (C=O) groups excluding carboxylic acids is 2. The number of halogens is 1. The molecule has 2 aromatic heterocycles. The molecule has 2 N–H and O–H groups in total. The van der Waals surface area contributed by atoms with E-state index >= 15 is 0 Å². The highest BCUT2D eigenvalue weighted by Gasteiger charge is 2.16. The quantitative estimate of drug-likeness (QED) is 0.602. The monoisotopic (exact) mass is 464 g/mol. The molecule has 1 saturated heterocycles. The molecule has 10 heteroatoms. The van der Waals surface area contributed by atoms with Crippen LogP contribution in [0.25, 0.3) is 10.2 Å². The number of nitrogens with zero attached hydrogens (tertiary/aromatic N) is 2. The van der Waals surface area contributed by atoms with Gasteiger partial charge in [-0.25, -0.2) is 4.98 Å². The Kier molecular flexibility index (Phi) is 5.60. The summed E-state index contributed by atoms with van der Waals surface area (Å²) in [4.78, 5) is 30.9. The molecule has 1 fully saturated rings. The van der Waals surface area contributed by atoms with Gasteiger partial charge >= 0.3 is 0 Å². The number of ether oxygens (including phenoxy) is 1. The summed E-state index contributed by atoms with van der Waals surface area (Å²) in [7, 11) is 0. The van der Waals surface area contributed by atoms with Crippen LogP contribution in [-0.4, -0.2) is 49.6 Å². The van der Waals surface area contributed by atoms with Crippen molar-refractivity contribution in [3.05, 3.63) is 40.8 Å². The van der Waals surface area contributed by atoms with Crippen molar-refractivity contribution in [2.45, 2.75) is 0 Å². The fraction of sp³-hybridized carbons (Fsp3) is 0.278. The number of aromatic nitrogens is 1. The van der Waals surface area contributed by atoms with Gasteiger partial charge in [0.1, 0.15) is 0 Å². The zero-order valence-corrected chi connectivity index (χ0v) is 17.1. The summed E-state index contributed by atoms with van der Waals surface area (Å²) in [6, 6.07) is 8.71. The van der Waals surface area contributed by atoms with E-state index in [-0.39, 0.29) is 18.2 Å². The van der Waals surface area contributed by atoms with E-state index in [0.29, 0.717) is 23.6 Å². The Hall–Kier alpha value is -2.43. The number of benzene rings is 1. The molecule has 28 heavy (non-hydrogen) atoms. The summed E-state index contributed by atoms with van der Waals surface area (Å²) >= 11 is 4.72. The van der Waals surface area contributed by atoms with E-state index in [9.17, 15) is 9.59 Å². The van der Waals surface area contributed by atoms with Crippen LogP contribution in [0.5, 0.6) is 0 Å². The Bertz CT molecular complexity index is 1010. The van der Waals surface area contributed by atoms with Gasteiger partial charge in [0.2, 0.25) is 5.91 Å². The highest BCUT2D eigenvalue weighted by molar-refractivity contribution is 9.10. The van der Waals surface area contributed by atoms with Gasteiger partial charge in [-0.05, 0) is 46.3 Å². The molecular formula is C18H17BrN4O4S. The second-order valence-corrected chi connectivity index (χ2v) is 7.90. The van der Waals surface area contributed by atoms with E-state index in [0.717, 1.165) is 28.4 Å². The Morgan fingerprint density at radius 3 is 2.79 bits per heavy atom. The van der Waals surface area contributed by atoms with E-state index in [2.05, 4.69) is 36.4 Å². The van der Waals surface area contributed by atoms with Crippen LogP contribution in [0.2, 0.25) is 0 Å². The van der Waals surface area contributed by atoms with Crippen LogP contribution in [0, 0.1) is 0 Å². The predicted molar refractivity (Wildman–Crippen MR) is 110 cm³/mol.